The van der Waals surface area contributed by atoms with E-state index in [9.17, 15) is 0 Å². The van der Waals surface area contributed by atoms with E-state index in [1.54, 1.807) is 0 Å². The van der Waals surface area contributed by atoms with Crippen molar-refractivity contribution in [1.82, 2.24) is 0 Å². The molecule has 0 atom stereocenters. The standard InChI is InChI=1S/C20H19N2.BrH/c1-15-21(2)18-12-6-10-17-11-7-13-19(20(17)18)22(15)14-16-8-4-3-5-9-16;/h3-13H,14H2,1-2H3;1H/q+1;/p-1. The lowest BCUT2D eigenvalue weighted by molar-refractivity contribution is -0.405. The molecule has 0 saturated carbocycles. The van der Waals surface area contributed by atoms with Crippen molar-refractivity contribution in [2.75, 3.05) is 11.9 Å². The summed E-state index contributed by atoms with van der Waals surface area (Å²) in [4.78, 5) is 2.41. The molecule has 4 rings (SSSR count). The lowest BCUT2D eigenvalue weighted by Crippen LogP contribution is -3.00. The van der Waals surface area contributed by atoms with Crippen molar-refractivity contribution in [3.8, 4) is 0 Å². The second-order valence-corrected chi connectivity index (χ2v) is 5.83. The van der Waals surface area contributed by atoms with Gasteiger partial charge in [0, 0.05) is 6.92 Å². The number of rotatable bonds is 2. The van der Waals surface area contributed by atoms with Crippen molar-refractivity contribution in [2.24, 2.45) is 0 Å². The maximum atomic E-state index is 2.41. The number of benzene rings is 3. The highest BCUT2D eigenvalue weighted by Crippen LogP contribution is 2.38. The van der Waals surface area contributed by atoms with Crippen molar-refractivity contribution in [2.45, 2.75) is 13.5 Å². The van der Waals surface area contributed by atoms with Gasteiger partial charge in [0.25, 0.3) is 5.84 Å². The molecule has 0 saturated heterocycles. The van der Waals surface area contributed by atoms with E-state index in [-0.39, 0.29) is 17.0 Å². The maximum absolute atomic E-state index is 2.41. The molecule has 0 radical (unpaired) electrons. The number of halogens is 1. The third kappa shape index (κ3) is 2.55. The Morgan fingerprint density at radius 3 is 2.30 bits per heavy atom. The molecule has 2 nitrogen and oxygen atoms in total. The second kappa shape index (κ2) is 6.17. The van der Waals surface area contributed by atoms with Gasteiger partial charge in [0.15, 0.2) is 0 Å². The number of anilines is 1. The Balaban J connectivity index is 0.00000156. The Kier molecular flexibility index (Phi) is 4.22. The molecule has 0 aliphatic carbocycles. The fourth-order valence-corrected chi connectivity index (χ4v) is 3.30. The molecule has 23 heavy (non-hydrogen) atoms. The summed E-state index contributed by atoms with van der Waals surface area (Å²) < 4.78 is 2.29. The molecule has 1 aliphatic rings. The third-order valence-electron chi connectivity index (χ3n) is 4.57. The van der Waals surface area contributed by atoms with E-state index in [1.165, 1.54) is 33.5 Å². The van der Waals surface area contributed by atoms with E-state index < -0.39 is 0 Å². The van der Waals surface area contributed by atoms with Gasteiger partial charge in [0.2, 0.25) is 0 Å². The van der Waals surface area contributed by atoms with Gasteiger partial charge in [-0.2, -0.15) is 0 Å². The van der Waals surface area contributed by atoms with Gasteiger partial charge < -0.3 is 17.0 Å². The van der Waals surface area contributed by atoms with Crippen LogP contribution >= 0.6 is 0 Å². The molecule has 0 fully saturated rings. The van der Waals surface area contributed by atoms with Crippen LogP contribution in [0.5, 0.6) is 0 Å². The normalized spacial score (nSPS) is 13.2. The molecule has 1 aliphatic heterocycles. The van der Waals surface area contributed by atoms with Crippen LogP contribution in [-0.4, -0.2) is 17.5 Å². The van der Waals surface area contributed by atoms with E-state index in [4.69, 9.17) is 0 Å². The van der Waals surface area contributed by atoms with E-state index in [0.717, 1.165) is 6.54 Å². The first-order valence-electron chi connectivity index (χ1n) is 7.66. The summed E-state index contributed by atoms with van der Waals surface area (Å²) in [5.74, 6) is 1.26. The van der Waals surface area contributed by atoms with Gasteiger partial charge in [-0.1, -0.05) is 54.6 Å². The highest BCUT2D eigenvalue weighted by atomic mass is 79.9. The van der Waals surface area contributed by atoms with Crippen LogP contribution in [0.4, 0.5) is 11.4 Å². The van der Waals surface area contributed by atoms with Crippen molar-refractivity contribution >= 4 is 28.0 Å². The number of hydrogen-bond donors (Lipinski definition) is 0. The Morgan fingerprint density at radius 1 is 0.870 bits per heavy atom. The molecule has 0 amide bonds. The van der Waals surface area contributed by atoms with Crippen LogP contribution in [0.2, 0.25) is 0 Å². The lowest BCUT2D eigenvalue weighted by Gasteiger charge is -2.26. The zero-order valence-electron chi connectivity index (χ0n) is 13.3. The molecule has 0 spiro atoms. The van der Waals surface area contributed by atoms with Crippen molar-refractivity contribution in [3.05, 3.63) is 72.3 Å². The summed E-state index contributed by atoms with van der Waals surface area (Å²) in [5, 5.41) is 2.64. The van der Waals surface area contributed by atoms with Crippen molar-refractivity contribution in [1.29, 1.82) is 0 Å². The summed E-state index contributed by atoms with van der Waals surface area (Å²) >= 11 is 0. The summed E-state index contributed by atoms with van der Waals surface area (Å²) in [6, 6.07) is 23.8. The SMILES string of the molecule is CC1=[N+](C)c2cccc3cccc(c23)N1Cc1ccccc1.[Br-]. The van der Waals surface area contributed by atoms with Crippen LogP contribution in [0.25, 0.3) is 10.8 Å². The predicted molar refractivity (Wildman–Crippen MR) is 93.1 cm³/mol. The van der Waals surface area contributed by atoms with Crippen LogP contribution in [0.3, 0.4) is 0 Å². The molecule has 0 N–H and O–H groups in total. The van der Waals surface area contributed by atoms with Gasteiger partial charge in [-0.15, -0.1) is 0 Å². The monoisotopic (exact) mass is 366 g/mol. The molecular formula is C20H19BrN2. The van der Waals surface area contributed by atoms with Gasteiger partial charge in [-0.05, 0) is 23.1 Å². The minimum absolute atomic E-state index is 0. The van der Waals surface area contributed by atoms with E-state index in [2.05, 4.69) is 90.2 Å². The summed E-state index contributed by atoms with van der Waals surface area (Å²) in [5.41, 5.74) is 3.91. The van der Waals surface area contributed by atoms with Gasteiger partial charge in [0.1, 0.15) is 17.9 Å². The fraction of sp³-hybridized carbons (Fsp3) is 0.150. The predicted octanol–water partition coefficient (Wildman–Crippen LogP) is 1.56. The van der Waals surface area contributed by atoms with Crippen LogP contribution < -0.4 is 21.9 Å². The highest BCUT2D eigenvalue weighted by Gasteiger charge is 2.29. The number of hydrogen-bond acceptors (Lipinski definition) is 1. The number of amidine groups is 1. The topological polar surface area (TPSA) is 6.25 Å². The molecule has 116 valence electrons. The first-order chi connectivity index (χ1) is 10.8. The van der Waals surface area contributed by atoms with Gasteiger partial charge in [-0.25, -0.2) is 9.48 Å². The maximum Gasteiger partial charge on any atom is 0.254 e. The second-order valence-electron chi connectivity index (χ2n) is 5.83. The molecule has 3 heteroatoms. The average Bonchev–Trinajstić information content (AvgIpc) is 2.57. The highest BCUT2D eigenvalue weighted by molar-refractivity contribution is 6.10. The van der Waals surface area contributed by atoms with E-state index in [0.29, 0.717) is 0 Å². The molecule has 0 aromatic heterocycles. The van der Waals surface area contributed by atoms with Crippen LogP contribution in [0.1, 0.15) is 12.5 Å². The zero-order valence-corrected chi connectivity index (χ0v) is 14.9. The number of nitrogens with zero attached hydrogens (tertiary/aromatic N) is 2. The third-order valence-corrected chi connectivity index (χ3v) is 4.57. The van der Waals surface area contributed by atoms with Gasteiger partial charge in [0.05, 0.1) is 12.4 Å². The summed E-state index contributed by atoms with van der Waals surface area (Å²) in [7, 11) is 2.15. The van der Waals surface area contributed by atoms with Crippen molar-refractivity contribution in [3.63, 3.8) is 0 Å². The zero-order chi connectivity index (χ0) is 15.1. The molecular weight excluding hydrogens is 348 g/mol. The first kappa shape index (κ1) is 15.8. The summed E-state index contributed by atoms with van der Waals surface area (Å²) in [6.07, 6.45) is 0. The minimum Gasteiger partial charge on any atom is -1.00 e. The lowest BCUT2D eigenvalue weighted by atomic mass is 10.0. The minimum atomic E-state index is 0. The smallest absolute Gasteiger partial charge is 0.254 e. The van der Waals surface area contributed by atoms with Crippen LogP contribution in [-0.2, 0) is 6.54 Å². The Hall–Kier alpha value is -2.13. The van der Waals surface area contributed by atoms with E-state index >= 15 is 0 Å². The molecule has 0 bridgehead atoms. The average molecular weight is 367 g/mol. The summed E-state index contributed by atoms with van der Waals surface area (Å²) in [6.45, 7) is 3.09. The van der Waals surface area contributed by atoms with Crippen LogP contribution in [0.15, 0.2) is 66.7 Å². The Bertz CT molecular complexity index is 879. The van der Waals surface area contributed by atoms with Gasteiger partial charge in [-0.3, -0.25) is 0 Å². The Labute approximate surface area is 147 Å². The largest absolute Gasteiger partial charge is 1.00 e. The Morgan fingerprint density at radius 2 is 1.57 bits per heavy atom. The van der Waals surface area contributed by atoms with Gasteiger partial charge >= 0.3 is 0 Å². The van der Waals surface area contributed by atoms with Crippen molar-refractivity contribution < 1.29 is 21.6 Å². The molecule has 3 aromatic carbocycles. The molecule has 1 heterocycles. The first-order valence-corrected chi connectivity index (χ1v) is 7.66. The van der Waals surface area contributed by atoms with Crippen LogP contribution in [0, 0.1) is 0 Å². The quantitative estimate of drug-likeness (QED) is 0.623. The molecule has 0 unspecified atom stereocenters. The fourth-order valence-electron chi connectivity index (χ4n) is 3.30. The molecule has 3 aromatic rings. The van der Waals surface area contributed by atoms with E-state index in [1.807, 2.05) is 0 Å².